The van der Waals surface area contributed by atoms with E-state index in [-0.39, 0.29) is 11.1 Å². The first-order valence-electron chi connectivity index (χ1n) is 10.4. The van der Waals surface area contributed by atoms with Crippen LogP contribution in [-0.4, -0.2) is 36.4 Å². The first kappa shape index (κ1) is 22.0. The van der Waals surface area contributed by atoms with E-state index in [0.717, 1.165) is 29.0 Å². The molecule has 3 aromatic rings. The van der Waals surface area contributed by atoms with Crippen LogP contribution in [0.2, 0.25) is 0 Å². The summed E-state index contributed by atoms with van der Waals surface area (Å²) in [5, 5.41) is 0.735. The summed E-state index contributed by atoms with van der Waals surface area (Å²) >= 11 is 0. The molecule has 0 unspecified atom stereocenters. The number of carbonyl (C=O) groups is 1. The van der Waals surface area contributed by atoms with Crippen molar-refractivity contribution in [2.45, 2.75) is 44.6 Å². The van der Waals surface area contributed by atoms with Gasteiger partial charge >= 0.3 is 0 Å². The molecular weight excluding hydrogens is 428 g/mol. The van der Waals surface area contributed by atoms with Crippen molar-refractivity contribution in [3.05, 3.63) is 64.1 Å². The van der Waals surface area contributed by atoms with Crippen molar-refractivity contribution < 1.29 is 13.2 Å². The van der Waals surface area contributed by atoms with Crippen LogP contribution in [0.25, 0.3) is 10.9 Å². The maximum absolute atomic E-state index is 13.3. The molecule has 1 saturated heterocycles. The van der Waals surface area contributed by atoms with E-state index in [1.807, 2.05) is 25.1 Å². The molecule has 0 aliphatic carbocycles. The fourth-order valence-corrected chi connectivity index (χ4v) is 5.49. The van der Waals surface area contributed by atoms with Crippen LogP contribution in [0.3, 0.4) is 0 Å². The van der Waals surface area contributed by atoms with Gasteiger partial charge in [-0.2, -0.15) is 0 Å². The monoisotopic (exact) mass is 454 g/mol. The van der Waals surface area contributed by atoms with Crippen molar-refractivity contribution in [2.75, 3.05) is 11.4 Å². The standard InChI is InChI=1S/C23H26N4O4S/c1-14-7-8-18-16(10-14)11-17(20(25-18)27-13-15(2)12-23(27,3)4)21(28)26-32(30,31)19-6-5-9-24-22(19)29/h5-11,15H,12-13H2,1-4H3,(H,24,29)(H,26,28)/t15-/m0/s1. The van der Waals surface area contributed by atoms with E-state index in [0.29, 0.717) is 18.3 Å². The van der Waals surface area contributed by atoms with Gasteiger partial charge in [-0.05, 0) is 63.4 Å². The Morgan fingerprint density at radius 2 is 2.00 bits per heavy atom. The molecule has 0 bridgehead atoms. The molecule has 1 aromatic carbocycles. The average Bonchev–Trinajstić information content (AvgIpc) is 2.98. The van der Waals surface area contributed by atoms with E-state index in [2.05, 4.69) is 35.4 Å². The summed E-state index contributed by atoms with van der Waals surface area (Å²) in [4.78, 5) is 33.9. The van der Waals surface area contributed by atoms with Crippen LogP contribution in [0.5, 0.6) is 0 Å². The Morgan fingerprint density at radius 1 is 1.25 bits per heavy atom. The van der Waals surface area contributed by atoms with Crippen LogP contribution in [0, 0.1) is 12.8 Å². The van der Waals surface area contributed by atoms with E-state index >= 15 is 0 Å². The van der Waals surface area contributed by atoms with Crippen molar-refractivity contribution in [3.63, 3.8) is 0 Å². The Kier molecular flexibility index (Phi) is 5.32. The highest BCUT2D eigenvalue weighted by Gasteiger charge is 2.39. The molecule has 1 atom stereocenters. The van der Waals surface area contributed by atoms with Gasteiger partial charge in [0.05, 0.1) is 11.1 Å². The minimum absolute atomic E-state index is 0.154. The summed E-state index contributed by atoms with van der Waals surface area (Å²) < 4.78 is 27.6. The minimum atomic E-state index is -4.37. The maximum atomic E-state index is 13.3. The molecule has 168 valence electrons. The van der Waals surface area contributed by atoms with Gasteiger partial charge in [0.15, 0.2) is 4.90 Å². The highest BCUT2D eigenvalue weighted by atomic mass is 32.2. The molecule has 0 radical (unpaired) electrons. The molecule has 2 aromatic heterocycles. The Bertz CT molecular complexity index is 1380. The molecule has 3 heterocycles. The Hall–Kier alpha value is -3.20. The number of hydrogen-bond acceptors (Lipinski definition) is 6. The second-order valence-corrected chi connectivity index (χ2v) is 10.7. The van der Waals surface area contributed by atoms with Gasteiger partial charge in [-0.25, -0.2) is 18.1 Å². The lowest BCUT2D eigenvalue weighted by molar-refractivity contribution is 0.0981. The van der Waals surface area contributed by atoms with Crippen LogP contribution in [0.4, 0.5) is 5.82 Å². The van der Waals surface area contributed by atoms with Gasteiger partial charge < -0.3 is 9.88 Å². The average molecular weight is 455 g/mol. The number of anilines is 1. The predicted molar refractivity (Wildman–Crippen MR) is 123 cm³/mol. The van der Waals surface area contributed by atoms with Gasteiger partial charge in [0, 0.05) is 23.7 Å². The SMILES string of the molecule is Cc1ccc2nc(N3C[C@@H](C)CC3(C)C)c(C(=O)NS(=O)(=O)c3ccc[nH]c3=O)cc2c1. The highest BCUT2D eigenvalue weighted by molar-refractivity contribution is 7.90. The lowest BCUT2D eigenvalue weighted by Crippen LogP contribution is -2.41. The number of aromatic amines is 1. The molecule has 4 rings (SSSR count). The smallest absolute Gasteiger partial charge is 0.269 e. The molecule has 2 N–H and O–H groups in total. The number of aromatic nitrogens is 2. The van der Waals surface area contributed by atoms with E-state index in [4.69, 9.17) is 4.98 Å². The zero-order valence-electron chi connectivity index (χ0n) is 18.5. The molecule has 1 fully saturated rings. The van der Waals surface area contributed by atoms with E-state index in [1.54, 1.807) is 6.07 Å². The lowest BCUT2D eigenvalue weighted by Gasteiger charge is -2.34. The van der Waals surface area contributed by atoms with E-state index < -0.39 is 26.4 Å². The van der Waals surface area contributed by atoms with Crippen molar-refractivity contribution >= 4 is 32.7 Å². The third-order valence-electron chi connectivity index (χ3n) is 5.82. The number of pyridine rings is 2. The molecular formula is C23H26N4O4S. The van der Waals surface area contributed by atoms with Gasteiger partial charge in [0.1, 0.15) is 5.82 Å². The van der Waals surface area contributed by atoms with Crippen LogP contribution >= 0.6 is 0 Å². The molecule has 1 amide bonds. The van der Waals surface area contributed by atoms with Gasteiger partial charge in [-0.1, -0.05) is 18.6 Å². The third kappa shape index (κ3) is 4.00. The number of nitrogens with zero attached hydrogens (tertiary/aromatic N) is 2. The number of benzene rings is 1. The number of nitrogens with one attached hydrogen (secondary N) is 2. The van der Waals surface area contributed by atoms with Gasteiger partial charge in [0.2, 0.25) is 0 Å². The Morgan fingerprint density at radius 3 is 2.66 bits per heavy atom. The quantitative estimate of drug-likeness (QED) is 0.627. The first-order chi connectivity index (χ1) is 15.0. The summed E-state index contributed by atoms with van der Waals surface area (Å²) in [5.74, 6) is 0.00271. The number of sulfonamides is 1. The fourth-order valence-electron chi connectivity index (χ4n) is 4.47. The summed E-state index contributed by atoms with van der Waals surface area (Å²) in [6.45, 7) is 8.93. The molecule has 0 spiro atoms. The van der Waals surface area contributed by atoms with E-state index in [1.165, 1.54) is 12.3 Å². The molecule has 9 heteroatoms. The molecule has 1 aliphatic heterocycles. The van der Waals surface area contributed by atoms with Crippen LogP contribution in [0.1, 0.15) is 43.1 Å². The van der Waals surface area contributed by atoms with Crippen molar-refractivity contribution in [1.29, 1.82) is 0 Å². The predicted octanol–water partition coefficient (Wildman–Crippen LogP) is 2.98. The number of H-pyrrole nitrogens is 1. The second kappa shape index (κ2) is 7.74. The van der Waals surface area contributed by atoms with Crippen LogP contribution in [0.15, 0.2) is 52.3 Å². The Labute approximate surface area is 186 Å². The summed E-state index contributed by atoms with van der Waals surface area (Å²) in [6.07, 6.45) is 2.24. The zero-order chi connectivity index (χ0) is 23.3. The second-order valence-electron chi connectivity index (χ2n) is 9.09. The molecule has 1 aliphatic rings. The van der Waals surface area contributed by atoms with Crippen LogP contribution in [-0.2, 0) is 10.0 Å². The first-order valence-corrected chi connectivity index (χ1v) is 11.9. The summed E-state index contributed by atoms with van der Waals surface area (Å²) in [5.41, 5.74) is 0.822. The van der Waals surface area contributed by atoms with Crippen molar-refractivity contribution in [1.82, 2.24) is 14.7 Å². The van der Waals surface area contributed by atoms with Gasteiger partial charge in [-0.15, -0.1) is 0 Å². The van der Waals surface area contributed by atoms with Gasteiger partial charge in [-0.3, -0.25) is 9.59 Å². The van der Waals surface area contributed by atoms with Gasteiger partial charge in [0.25, 0.3) is 21.5 Å². The maximum Gasteiger partial charge on any atom is 0.269 e. The summed E-state index contributed by atoms with van der Waals surface area (Å²) in [7, 11) is -4.37. The lowest BCUT2D eigenvalue weighted by atomic mass is 9.97. The minimum Gasteiger partial charge on any atom is -0.351 e. The third-order valence-corrected chi connectivity index (χ3v) is 7.18. The highest BCUT2D eigenvalue weighted by Crippen LogP contribution is 2.38. The number of hydrogen-bond donors (Lipinski definition) is 2. The van der Waals surface area contributed by atoms with Crippen molar-refractivity contribution in [2.24, 2.45) is 5.92 Å². The molecule has 32 heavy (non-hydrogen) atoms. The normalized spacial score (nSPS) is 18.1. The zero-order valence-corrected chi connectivity index (χ0v) is 19.3. The number of aryl methyl sites for hydroxylation is 1. The molecule has 8 nitrogen and oxygen atoms in total. The largest absolute Gasteiger partial charge is 0.351 e. The summed E-state index contributed by atoms with van der Waals surface area (Å²) in [6, 6.07) is 9.95. The number of rotatable bonds is 4. The molecule has 0 saturated carbocycles. The number of carbonyl (C=O) groups excluding carboxylic acids is 1. The Balaban J connectivity index is 1.84. The number of fused-ring (bicyclic) bond motifs is 1. The van der Waals surface area contributed by atoms with Crippen LogP contribution < -0.4 is 15.2 Å². The number of amides is 1. The fraction of sp³-hybridized carbons (Fsp3) is 0.348. The van der Waals surface area contributed by atoms with Crippen molar-refractivity contribution in [3.8, 4) is 0 Å². The van der Waals surface area contributed by atoms with E-state index in [9.17, 15) is 18.0 Å². The topological polar surface area (TPSA) is 112 Å².